The maximum Gasteiger partial charge on any atom is 0.511 e. The fourth-order valence-corrected chi connectivity index (χ4v) is 1.38. The molecule has 1 rings (SSSR count). The molecule has 0 aliphatic rings. The third kappa shape index (κ3) is 4.93. The smallest absolute Gasteiger partial charge is 0.451 e. The molecule has 0 radical (unpaired) electrons. The number of non-ortho nitro benzene ring substituents is 1. The Hall–Kier alpha value is -2.84. The van der Waals surface area contributed by atoms with E-state index in [1.807, 2.05) is 0 Å². The van der Waals surface area contributed by atoms with Gasteiger partial charge in [-0.05, 0) is 6.07 Å². The first kappa shape index (κ1) is 17.2. The minimum absolute atomic E-state index is 0.222. The minimum atomic E-state index is -1.61. The van der Waals surface area contributed by atoms with Crippen molar-refractivity contribution in [3.8, 4) is 11.5 Å². The average molecular weight is 313 g/mol. The number of carbonyl (C=O) groups is 2. The van der Waals surface area contributed by atoms with Gasteiger partial charge in [-0.15, -0.1) is 0 Å². The molecule has 0 bridgehead atoms. The van der Waals surface area contributed by atoms with Crippen LogP contribution in [-0.4, -0.2) is 28.4 Å². The Labute approximate surface area is 125 Å². The van der Waals surface area contributed by atoms with Crippen molar-refractivity contribution in [2.24, 2.45) is 5.92 Å². The number of benzene rings is 1. The zero-order valence-corrected chi connectivity index (χ0v) is 12.1. The molecule has 0 amide bonds. The maximum atomic E-state index is 11.4. The van der Waals surface area contributed by atoms with Gasteiger partial charge < -0.3 is 19.3 Å². The third-order valence-corrected chi connectivity index (χ3v) is 2.38. The molecule has 0 saturated heterocycles. The van der Waals surface area contributed by atoms with Crippen LogP contribution in [0.4, 0.5) is 10.5 Å². The standard InChI is InChI=1S/C13H15NO8/c1-7(2)12(15)21-8(3)20-11-6-9(14(18)19)4-5-10(11)22-13(16)17/h4-8H,1-3H3,(H,16,17). The van der Waals surface area contributed by atoms with Gasteiger partial charge >= 0.3 is 12.1 Å². The molecule has 0 fully saturated rings. The molecular weight excluding hydrogens is 298 g/mol. The summed E-state index contributed by atoms with van der Waals surface area (Å²) in [5.41, 5.74) is -0.324. The molecule has 120 valence electrons. The third-order valence-electron chi connectivity index (χ3n) is 2.38. The van der Waals surface area contributed by atoms with Gasteiger partial charge in [0, 0.05) is 13.0 Å². The highest BCUT2D eigenvalue weighted by Gasteiger charge is 2.20. The van der Waals surface area contributed by atoms with E-state index in [4.69, 9.17) is 14.6 Å². The minimum Gasteiger partial charge on any atom is -0.451 e. The molecule has 0 heterocycles. The predicted octanol–water partition coefficient (Wildman–Crippen LogP) is 2.58. The molecule has 1 aromatic rings. The van der Waals surface area contributed by atoms with Gasteiger partial charge in [0.15, 0.2) is 11.5 Å². The Bertz CT molecular complexity index is 583. The molecule has 1 atom stereocenters. The van der Waals surface area contributed by atoms with Gasteiger partial charge in [0.2, 0.25) is 6.29 Å². The quantitative estimate of drug-likeness (QED) is 0.279. The van der Waals surface area contributed by atoms with Gasteiger partial charge in [0.05, 0.1) is 16.9 Å². The summed E-state index contributed by atoms with van der Waals surface area (Å²) in [6, 6.07) is 3.13. The summed E-state index contributed by atoms with van der Waals surface area (Å²) in [4.78, 5) is 32.1. The van der Waals surface area contributed by atoms with Gasteiger partial charge in [-0.25, -0.2) is 4.79 Å². The second-order valence-electron chi connectivity index (χ2n) is 4.53. The summed E-state index contributed by atoms with van der Waals surface area (Å²) in [5, 5.41) is 19.4. The molecular formula is C13H15NO8. The van der Waals surface area contributed by atoms with E-state index in [1.54, 1.807) is 13.8 Å². The van der Waals surface area contributed by atoms with Crippen molar-refractivity contribution in [2.75, 3.05) is 0 Å². The highest BCUT2D eigenvalue weighted by molar-refractivity contribution is 5.71. The van der Waals surface area contributed by atoms with E-state index in [0.717, 1.165) is 18.2 Å². The van der Waals surface area contributed by atoms with Gasteiger partial charge in [-0.3, -0.25) is 14.9 Å². The van der Waals surface area contributed by atoms with E-state index in [2.05, 4.69) is 4.74 Å². The first-order valence-corrected chi connectivity index (χ1v) is 6.27. The highest BCUT2D eigenvalue weighted by atomic mass is 16.7. The van der Waals surface area contributed by atoms with Crippen LogP contribution in [0.3, 0.4) is 0 Å². The van der Waals surface area contributed by atoms with E-state index in [1.165, 1.54) is 6.92 Å². The molecule has 0 saturated carbocycles. The van der Waals surface area contributed by atoms with Gasteiger partial charge in [0.25, 0.3) is 5.69 Å². The van der Waals surface area contributed by atoms with Crippen molar-refractivity contribution in [3.63, 3.8) is 0 Å². The predicted molar refractivity (Wildman–Crippen MR) is 72.8 cm³/mol. The van der Waals surface area contributed by atoms with Crippen LogP contribution in [0.25, 0.3) is 0 Å². The molecule has 0 aliphatic carbocycles. The first-order chi connectivity index (χ1) is 10.2. The summed E-state index contributed by atoms with van der Waals surface area (Å²) >= 11 is 0. The SMILES string of the molecule is CC(OC(=O)C(C)C)Oc1cc([N+](=O)[O-])ccc1OC(=O)O. The Balaban J connectivity index is 2.98. The lowest BCUT2D eigenvalue weighted by molar-refractivity contribution is -0.385. The van der Waals surface area contributed by atoms with E-state index in [0.29, 0.717) is 0 Å². The lowest BCUT2D eigenvalue weighted by atomic mass is 10.2. The summed E-state index contributed by atoms with van der Waals surface area (Å²) in [5.74, 6) is -1.38. The van der Waals surface area contributed by atoms with E-state index in [9.17, 15) is 19.7 Å². The fraction of sp³-hybridized carbons (Fsp3) is 0.385. The summed E-state index contributed by atoms with van der Waals surface area (Å²) < 4.78 is 14.6. The number of ether oxygens (including phenoxy) is 3. The van der Waals surface area contributed by atoms with Crippen LogP contribution in [0.1, 0.15) is 20.8 Å². The van der Waals surface area contributed by atoms with Crippen molar-refractivity contribution in [1.82, 2.24) is 0 Å². The maximum absolute atomic E-state index is 11.4. The number of nitrogens with zero attached hydrogens (tertiary/aromatic N) is 1. The highest BCUT2D eigenvalue weighted by Crippen LogP contribution is 2.32. The van der Waals surface area contributed by atoms with Gasteiger partial charge in [-0.2, -0.15) is 0 Å². The van der Waals surface area contributed by atoms with Gasteiger partial charge in [-0.1, -0.05) is 13.8 Å². The molecule has 9 heteroatoms. The van der Waals surface area contributed by atoms with E-state index >= 15 is 0 Å². The lowest BCUT2D eigenvalue weighted by Gasteiger charge is -2.17. The number of rotatable bonds is 6. The van der Waals surface area contributed by atoms with E-state index in [-0.39, 0.29) is 23.1 Å². The molecule has 0 aromatic heterocycles. The van der Waals surface area contributed by atoms with Crippen LogP contribution in [0.2, 0.25) is 0 Å². The number of hydrogen-bond acceptors (Lipinski definition) is 7. The largest absolute Gasteiger partial charge is 0.511 e. The first-order valence-electron chi connectivity index (χ1n) is 6.27. The van der Waals surface area contributed by atoms with Crippen LogP contribution in [0.15, 0.2) is 18.2 Å². The Morgan fingerprint density at radius 1 is 1.23 bits per heavy atom. The topological polar surface area (TPSA) is 125 Å². The number of nitro benzene ring substituents is 1. The van der Waals surface area contributed by atoms with Crippen LogP contribution in [-0.2, 0) is 9.53 Å². The molecule has 1 N–H and O–H groups in total. The van der Waals surface area contributed by atoms with Crippen LogP contribution < -0.4 is 9.47 Å². The molecule has 1 aromatic carbocycles. The summed E-state index contributed by atoms with van der Waals surface area (Å²) in [6.07, 6.45) is -2.68. The molecule has 9 nitrogen and oxygen atoms in total. The molecule has 0 aliphatic heterocycles. The van der Waals surface area contributed by atoms with E-state index < -0.39 is 23.3 Å². The van der Waals surface area contributed by atoms with Crippen molar-refractivity contribution in [2.45, 2.75) is 27.1 Å². The fourth-order valence-electron chi connectivity index (χ4n) is 1.38. The second-order valence-corrected chi connectivity index (χ2v) is 4.53. The zero-order chi connectivity index (χ0) is 16.9. The van der Waals surface area contributed by atoms with Crippen LogP contribution in [0, 0.1) is 16.0 Å². The number of carboxylic acid groups (broad SMARTS) is 1. The number of hydrogen-bond donors (Lipinski definition) is 1. The van der Waals surface area contributed by atoms with Crippen molar-refractivity contribution in [3.05, 3.63) is 28.3 Å². The van der Waals surface area contributed by atoms with Crippen molar-refractivity contribution < 1.29 is 33.8 Å². The molecule has 1 unspecified atom stereocenters. The number of esters is 1. The van der Waals surface area contributed by atoms with Crippen molar-refractivity contribution in [1.29, 1.82) is 0 Å². The Morgan fingerprint density at radius 3 is 2.36 bits per heavy atom. The van der Waals surface area contributed by atoms with Crippen molar-refractivity contribution >= 4 is 17.8 Å². The van der Waals surface area contributed by atoms with Crippen LogP contribution in [0.5, 0.6) is 11.5 Å². The molecule has 22 heavy (non-hydrogen) atoms. The number of nitro groups is 1. The second kappa shape index (κ2) is 7.25. The zero-order valence-electron chi connectivity index (χ0n) is 12.1. The summed E-state index contributed by atoms with van der Waals surface area (Å²) in [6.45, 7) is 4.65. The van der Waals surface area contributed by atoms with Gasteiger partial charge in [0.1, 0.15) is 0 Å². The monoisotopic (exact) mass is 313 g/mol. The Morgan fingerprint density at radius 2 is 1.86 bits per heavy atom. The summed E-state index contributed by atoms with van der Waals surface area (Å²) in [7, 11) is 0. The van der Waals surface area contributed by atoms with Crippen LogP contribution >= 0.6 is 0 Å². The Kier molecular flexibility index (Phi) is 5.67. The number of carbonyl (C=O) groups excluding carboxylic acids is 1. The average Bonchev–Trinajstić information content (AvgIpc) is 2.39. The normalized spacial score (nSPS) is 11.6. The molecule has 0 spiro atoms. The lowest BCUT2D eigenvalue weighted by Crippen LogP contribution is -2.24.